The van der Waals surface area contributed by atoms with Crippen LogP contribution in [0.5, 0.6) is 0 Å². The van der Waals surface area contributed by atoms with Crippen LogP contribution < -0.4 is 0 Å². The van der Waals surface area contributed by atoms with Crippen molar-refractivity contribution in [2.45, 2.75) is 31.8 Å². The highest BCUT2D eigenvalue weighted by molar-refractivity contribution is 7.80. The Balaban J connectivity index is 1.60. The Labute approximate surface area is 153 Å². The molecular weight excluding hydrogens is 332 g/mol. The molecule has 0 radical (unpaired) electrons. The van der Waals surface area contributed by atoms with E-state index in [9.17, 15) is 4.79 Å². The van der Waals surface area contributed by atoms with E-state index in [-0.39, 0.29) is 24.3 Å². The van der Waals surface area contributed by atoms with Crippen molar-refractivity contribution in [1.82, 2.24) is 9.80 Å². The monoisotopic (exact) mass is 352 g/mol. The van der Waals surface area contributed by atoms with E-state index >= 15 is 0 Å². The van der Waals surface area contributed by atoms with Crippen LogP contribution in [0.3, 0.4) is 0 Å². The standard InChI is InChI=1S/C20H20N2O2S/c1-14-18-19(23)21(12-15-8-4-2-5-9-15)13-17(25)22(18)20(24-14)16-10-6-3-7-11-16/h2-11,14,18,20H,12-13H2,1H3/t14-,18+,20-/m1/s1. The largest absolute Gasteiger partial charge is 0.348 e. The maximum absolute atomic E-state index is 13.1. The number of piperazine rings is 1. The van der Waals surface area contributed by atoms with Gasteiger partial charge in [0.1, 0.15) is 11.0 Å². The van der Waals surface area contributed by atoms with Gasteiger partial charge in [-0.3, -0.25) is 4.79 Å². The number of benzene rings is 2. The van der Waals surface area contributed by atoms with Gasteiger partial charge in [-0.2, -0.15) is 0 Å². The number of rotatable bonds is 3. The molecule has 2 aromatic rings. The summed E-state index contributed by atoms with van der Waals surface area (Å²) < 4.78 is 6.12. The first-order valence-electron chi connectivity index (χ1n) is 8.49. The van der Waals surface area contributed by atoms with Crippen LogP contribution in [0.25, 0.3) is 0 Å². The highest BCUT2D eigenvalue weighted by Gasteiger charge is 2.50. The highest BCUT2D eigenvalue weighted by Crippen LogP contribution is 2.38. The summed E-state index contributed by atoms with van der Waals surface area (Å²) in [7, 11) is 0. The molecule has 4 rings (SSSR count). The number of hydrogen-bond acceptors (Lipinski definition) is 3. The van der Waals surface area contributed by atoms with Crippen LogP contribution in [-0.2, 0) is 16.1 Å². The quantitative estimate of drug-likeness (QED) is 0.795. The fraction of sp³-hybridized carbons (Fsp3) is 0.300. The van der Waals surface area contributed by atoms with Gasteiger partial charge < -0.3 is 14.5 Å². The van der Waals surface area contributed by atoms with Gasteiger partial charge >= 0.3 is 0 Å². The second-order valence-corrected chi connectivity index (χ2v) is 7.00. The molecule has 0 bridgehead atoms. The molecule has 0 aromatic heterocycles. The molecule has 2 fully saturated rings. The fourth-order valence-corrected chi connectivity index (χ4v) is 3.99. The predicted molar refractivity (Wildman–Crippen MR) is 99.8 cm³/mol. The third-order valence-corrected chi connectivity index (χ3v) is 5.16. The van der Waals surface area contributed by atoms with E-state index in [1.807, 2.05) is 77.4 Å². The van der Waals surface area contributed by atoms with E-state index in [2.05, 4.69) is 0 Å². The van der Waals surface area contributed by atoms with Gasteiger partial charge in [0.05, 0.1) is 12.6 Å². The van der Waals surface area contributed by atoms with Crippen LogP contribution in [0, 0.1) is 0 Å². The average Bonchev–Trinajstić information content (AvgIpc) is 2.99. The van der Waals surface area contributed by atoms with Gasteiger partial charge in [-0.05, 0) is 12.5 Å². The van der Waals surface area contributed by atoms with Crippen LogP contribution in [-0.4, -0.2) is 39.4 Å². The van der Waals surface area contributed by atoms with Gasteiger partial charge in [0.15, 0.2) is 6.23 Å². The van der Waals surface area contributed by atoms with Crippen LogP contribution >= 0.6 is 12.2 Å². The Kier molecular flexibility index (Phi) is 4.27. The summed E-state index contributed by atoms with van der Waals surface area (Å²) in [6.07, 6.45) is -0.481. The molecule has 128 valence electrons. The zero-order valence-electron chi connectivity index (χ0n) is 14.0. The molecule has 2 aromatic carbocycles. The van der Waals surface area contributed by atoms with Crippen molar-refractivity contribution in [3.8, 4) is 0 Å². The minimum Gasteiger partial charge on any atom is -0.348 e. The van der Waals surface area contributed by atoms with Crippen molar-refractivity contribution in [2.24, 2.45) is 0 Å². The summed E-state index contributed by atoms with van der Waals surface area (Å²) in [6, 6.07) is 19.6. The molecule has 25 heavy (non-hydrogen) atoms. The summed E-state index contributed by atoms with van der Waals surface area (Å²) >= 11 is 5.67. The molecule has 5 heteroatoms. The molecule has 2 aliphatic heterocycles. The molecule has 0 saturated carbocycles. The smallest absolute Gasteiger partial charge is 0.248 e. The lowest BCUT2D eigenvalue weighted by Gasteiger charge is -2.40. The number of fused-ring (bicyclic) bond motifs is 1. The van der Waals surface area contributed by atoms with Crippen molar-refractivity contribution >= 4 is 23.1 Å². The van der Waals surface area contributed by atoms with Gasteiger partial charge in [0, 0.05) is 12.1 Å². The molecule has 3 atom stereocenters. The molecule has 0 unspecified atom stereocenters. The minimum atomic E-state index is -0.352. The summed E-state index contributed by atoms with van der Waals surface area (Å²) in [5, 5.41) is 0. The van der Waals surface area contributed by atoms with Crippen LogP contribution in [0.15, 0.2) is 60.7 Å². The lowest BCUT2D eigenvalue weighted by molar-refractivity contribution is -0.137. The summed E-state index contributed by atoms with van der Waals surface area (Å²) in [4.78, 5) is 17.7. The van der Waals surface area contributed by atoms with Gasteiger partial charge in [-0.1, -0.05) is 72.9 Å². The maximum Gasteiger partial charge on any atom is 0.248 e. The van der Waals surface area contributed by atoms with Crippen molar-refractivity contribution < 1.29 is 9.53 Å². The Morgan fingerprint density at radius 1 is 1.08 bits per heavy atom. The SMILES string of the molecule is C[C@H]1O[C@H](c2ccccc2)N2C(=S)CN(Cc3ccccc3)C(=O)[C@H]12. The first-order chi connectivity index (χ1) is 12.1. The van der Waals surface area contributed by atoms with E-state index in [0.29, 0.717) is 13.1 Å². The number of ether oxygens (including phenoxy) is 1. The number of hydrogen-bond donors (Lipinski definition) is 0. The number of carbonyl (C=O) groups is 1. The number of thiocarbonyl (C=S) groups is 1. The van der Waals surface area contributed by atoms with Crippen molar-refractivity contribution in [2.75, 3.05) is 6.54 Å². The lowest BCUT2D eigenvalue weighted by Crippen LogP contribution is -2.59. The highest BCUT2D eigenvalue weighted by atomic mass is 32.1. The zero-order valence-corrected chi connectivity index (χ0v) is 14.9. The second kappa shape index (κ2) is 6.58. The lowest BCUT2D eigenvalue weighted by atomic mass is 10.1. The molecule has 2 heterocycles. The van der Waals surface area contributed by atoms with Crippen LogP contribution in [0.1, 0.15) is 24.3 Å². The van der Waals surface area contributed by atoms with Gasteiger partial charge in [-0.15, -0.1) is 0 Å². The van der Waals surface area contributed by atoms with E-state index in [1.54, 1.807) is 0 Å². The third-order valence-electron chi connectivity index (χ3n) is 4.82. The Morgan fingerprint density at radius 2 is 1.72 bits per heavy atom. The zero-order chi connectivity index (χ0) is 17.4. The van der Waals surface area contributed by atoms with Crippen LogP contribution in [0.4, 0.5) is 0 Å². The first-order valence-corrected chi connectivity index (χ1v) is 8.90. The second-order valence-electron chi connectivity index (χ2n) is 6.53. The topological polar surface area (TPSA) is 32.8 Å². The van der Waals surface area contributed by atoms with E-state index in [4.69, 9.17) is 17.0 Å². The molecule has 0 spiro atoms. The fourth-order valence-electron chi connectivity index (χ4n) is 3.63. The number of amides is 1. The number of nitrogens with zero attached hydrogens (tertiary/aromatic N) is 2. The van der Waals surface area contributed by atoms with Crippen molar-refractivity contribution in [3.63, 3.8) is 0 Å². The molecule has 0 aliphatic carbocycles. The number of carbonyl (C=O) groups excluding carboxylic acids is 1. The third kappa shape index (κ3) is 2.94. The van der Waals surface area contributed by atoms with Gasteiger partial charge in [0.25, 0.3) is 0 Å². The Morgan fingerprint density at radius 3 is 2.40 bits per heavy atom. The molecular formula is C20H20N2O2S. The van der Waals surface area contributed by atoms with Gasteiger partial charge in [-0.25, -0.2) is 0 Å². The Hall–Kier alpha value is -2.24. The van der Waals surface area contributed by atoms with E-state index in [0.717, 1.165) is 16.1 Å². The minimum absolute atomic E-state index is 0.0865. The molecule has 2 aliphatic rings. The summed E-state index contributed by atoms with van der Waals surface area (Å²) in [6.45, 7) is 2.99. The first kappa shape index (κ1) is 16.2. The summed E-state index contributed by atoms with van der Waals surface area (Å²) in [5.41, 5.74) is 2.14. The van der Waals surface area contributed by atoms with Crippen LogP contribution in [0.2, 0.25) is 0 Å². The average molecular weight is 352 g/mol. The Bertz CT molecular complexity index is 781. The normalized spacial score (nSPS) is 26.0. The van der Waals surface area contributed by atoms with E-state index in [1.165, 1.54) is 0 Å². The van der Waals surface area contributed by atoms with Gasteiger partial charge in [0.2, 0.25) is 5.91 Å². The predicted octanol–water partition coefficient (Wildman–Crippen LogP) is 3.14. The van der Waals surface area contributed by atoms with Crippen molar-refractivity contribution in [3.05, 3.63) is 71.8 Å². The van der Waals surface area contributed by atoms with E-state index < -0.39 is 0 Å². The molecule has 4 nitrogen and oxygen atoms in total. The summed E-state index contributed by atoms with van der Waals surface area (Å²) in [5.74, 6) is 0.0865. The maximum atomic E-state index is 13.1. The molecule has 2 saturated heterocycles. The molecule has 1 amide bonds. The van der Waals surface area contributed by atoms with Crippen molar-refractivity contribution in [1.29, 1.82) is 0 Å². The molecule has 0 N–H and O–H groups in total.